The zero-order valence-corrected chi connectivity index (χ0v) is 19.9. The summed E-state index contributed by atoms with van der Waals surface area (Å²) >= 11 is 3.46. The van der Waals surface area contributed by atoms with Crippen molar-refractivity contribution in [1.82, 2.24) is 10.2 Å². The molecule has 0 saturated carbocycles. The van der Waals surface area contributed by atoms with Gasteiger partial charge in [-0.15, -0.1) is 0 Å². The van der Waals surface area contributed by atoms with Gasteiger partial charge < -0.3 is 15.0 Å². The Kier molecular flexibility index (Phi) is 9.01. The second kappa shape index (κ2) is 12.2. The number of nitrogens with zero attached hydrogens (tertiary/aromatic N) is 1. The molecule has 2 amide bonds. The molecule has 0 radical (unpaired) electrons. The van der Waals surface area contributed by atoms with Crippen molar-refractivity contribution in [3.8, 4) is 5.75 Å². The summed E-state index contributed by atoms with van der Waals surface area (Å²) in [6.07, 6.45) is 0.364. The second-order valence-corrected chi connectivity index (χ2v) is 8.41. The van der Waals surface area contributed by atoms with E-state index in [0.29, 0.717) is 18.7 Å². The van der Waals surface area contributed by atoms with Gasteiger partial charge in [-0.05, 0) is 54.4 Å². The molecule has 1 atom stereocenters. The van der Waals surface area contributed by atoms with Gasteiger partial charge in [-0.25, -0.2) is 4.39 Å². The molecular weight excluding hydrogens is 487 g/mol. The van der Waals surface area contributed by atoms with Crippen molar-refractivity contribution >= 4 is 27.7 Å². The number of hydrogen-bond acceptors (Lipinski definition) is 3. The Morgan fingerprint density at radius 1 is 1.00 bits per heavy atom. The Labute approximate surface area is 201 Å². The van der Waals surface area contributed by atoms with Gasteiger partial charge in [0.05, 0.1) is 0 Å². The number of halogens is 2. The van der Waals surface area contributed by atoms with E-state index >= 15 is 0 Å². The number of rotatable bonds is 10. The van der Waals surface area contributed by atoms with Gasteiger partial charge >= 0.3 is 0 Å². The number of carbonyl (C=O) groups is 2. The normalized spacial score (nSPS) is 11.5. The highest BCUT2D eigenvalue weighted by Crippen LogP contribution is 2.18. The molecule has 7 heteroatoms. The first-order valence-electron chi connectivity index (χ1n) is 10.7. The second-order valence-electron chi connectivity index (χ2n) is 7.49. The van der Waals surface area contributed by atoms with E-state index < -0.39 is 6.04 Å². The number of hydrogen-bond donors (Lipinski definition) is 1. The van der Waals surface area contributed by atoms with E-state index in [4.69, 9.17) is 4.74 Å². The highest BCUT2D eigenvalue weighted by Gasteiger charge is 2.30. The van der Waals surface area contributed by atoms with Crippen LogP contribution in [0.15, 0.2) is 83.3 Å². The van der Waals surface area contributed by atoms with Crippen LogP contribution in [0.4, 0.5) is 4.39 Å². The van der Waals surface area contributed by atoms with Crippen LogP contribution in [0, 0.1) is 5.82 Å². The lowest BCUT2D eigenvalue weighted by atomic mass is 10.0. The summed E-state index contributed by atoms with van der Waals surface area (Å²) in [5.41, 5.74) is 1.82. The third-order valence-corrected chi connectivity index (χ3v) is 5.53. The Hall–Kier alpha value is -3.19. The van der Waals surface area contributed by atoms with E-state index in [1.165, 1.54) is 24.3 Å². The van der Waals surface area contributed by atoms with Gasteiger partial charge in [0, 0.05) is 24.0 Å². The van der Waals surface area contributed by atoms with Crippen molar-refractivity contribution in [2.24, 2.45) is 0 Å². The molecule has 0 heterocycles. The molecule has 0 aliphatic heterocycles. The molecular formula is C26H26BrFN2O3. The van der Waals surface area contributed by atoms with Crippen molar-refractivity contribution in [3.05, 3.63) is 100 Å². The zero-order chi connectivity index (χ0) is 23.6. The van der Waals surface area contributed by atoms with Gasteiger partial charge in [0.1, 0.15) is 17.6 Å². The molecule has 0 fully saturated rings. The molecule has 0 saturated heterocycles. The maximum atomic E-state index is 13.3. The van der Waals surface area contributed by atoms with Crippen molar-refractivity contribution in [3.63, 3.8) is 0 Å². The maximum absolute atomic E-state index is 13.3. The fourth-order valence-electron chi connectivity index (χ4n) is 3.44. The molecule has 5 nitrogen and oxygen atoms in total. The van der Waals surface area contributed by atoms with Crippen LogP contribution < -0.4 is 10.1 Å². The maximum Gasteiger partial charge on any atom is 0.261 e. The van der Waals surface area contributed by atoms with E-state index in [1.54, 1.807) is 4.90 Å². The van der Waals surface area contributed by atoms with Gasteiger partial charge in [0.25, 0.3) is 5.91 Å². The summed E-state index contributed by atoms with van der Waals surface area (Å²) in [6, 6.07) is 21.9. The van der Waals surface area contributed by atoms with E-state index in [-0.39, 0.29) is 30.8 Å². The van der Waals surface area contributed by atoms with Crippen LogP contribution in [0.2, 0.25) is 0 Å². The van der Waals surface area contributed by atoms with Crippen molar-refractivity contribution in [2.45, 2.75) is 25.9 Å². The summed E-state index contributed by atoms with van der Waals surface area (Å²) in [6.45, 7) is 2.26. The molecule has 0 unspecified atom stereocenters. The monoisotopic (exact) mass is 512 g/mol. The van der Waals surface area contributed by atoms with Crippen LogP contribution in [-0.4, -0.2) is 35.9 Å². The number of ether oxygens (including phenoxy) is 1. The third kappa shape index (κ3) is 7.43. The summed E-state index contributed by atoms with van der Waals surface area (Å²) in [5.74, 6) is -0.577. The smallest absolute Gasteiger partial charge is 0.261 e. The predicted molar refractivity (Wildman–Crippen MR) is 129 cm³/mol. The molecule has 0 spiro atoms. The van der Waals surface area contributed by atoms with Crippen molar-refractivity contribution in [1.29, 1.82) is 0 Å². The molecule has 0 aliphatic carbocycles. The topological polar surface area (TPSA) is 58.6 Å². The molecule has 3 aromatic carbocycles. The third-order valence-electron chi connectivity index (χ3n) is 5.04. The van der Waals surface area contributed by atoms with Crippen molar-refractivity contribution < 1.29 is 18.7 Å². The fourth-order valence-corrected chi connectivity index (χ4v) is 3.88. The largest absolute Gasteiger partial charge is 0.484 e. The Morgan fingerprint density at radius 3 is 2.36 bits per heavy atom. The fraction of sp³-hybridized carbons (Fsp3) is 0.231. The minimum Gasteiger partial charge on any atom is -0.484 e. The molecule has 0 bridgehead atoms. The summed E-state index contributed by atoms with van der Waals surface area (Å²) in [7, 11) is 0. The summed E-state index contributed by atoms with van der Waals surface area (Å²) < 4.78 is 19.7. The first kappa shape index (κ1) is 24.5. The van der Waals surface area contributed by atoms with E-state index in [1.807, 2.05) is 61.5 Å². The number of amides is 2. The van der Waals surface area contributed by atoms with Gasteiger partial charge in [-0.3, -0.25) is 9.59 Å². The molecule has 1 N–H and O–H groups in total. The van der Waals surface area contributed by atoms with Crippen LogP contribution in [-0.2, 0) is 22.6 Å². The van der Waals surface area contributed by atoms with Crippen molar-refractivity contribution in [2.75, 3.05) is 13.2 Å². The Bertz CT molecular complexity index is 1060. The SMILES string of the molecule is CCNC(=O)[C@@H](Cc1ccccc1)N(Cc1cccc(Br)c1)C(=O)COc1ccc(F)cc1. The van der Waals surface area contributed by atoms with Crippen LogP contribution in [0.5, 0.6) is 5.75 Å². The Balaban J connectivity index is 1.88. The van der Waals surface area contributed by atoms with E-state index in [2.05, 4.69) is 21.2 Å². The number of nitrogens with one attached hydrogen (secondary N) is 1. The van der Waals surface area contributed by atoms with Gasteiger partial charge in [-0.2, -0.15) is 0 Å². The van der Waals surface area contributed by atoms with Crippen LogP contribution in [0.1, 0.15) is 18.1 Å². The zero-order valence-electron chi connectivity index (χ0n) is 18.3. The van der Waals surface area contributed by atoms with E-state index in [9.17, 15) is 14.0 Å². The lowest BCUT2D eigenvalue weighted by molar-refractivity contribution is -0.142. The highest BCUT2D eigenvalue weighted by atomic mass is 79.9. The lowest BCUT2D eigenvalue weighted by Gasteiger charge is -2.31. The molecule has 3 rings (SSSR count). The standard InChI is InChI=1S/C26H26BrFN2O3/c1-2-29-26(32)24(16-19-7-4-3-5-8-19)30(17-20-9-6-10-21(27)15-20)25(31)18-33-23-13-11-22(28)12-14-23/h3-15,24H,2,16-18H2,1H3,(H,29,32)/t24-/m1/s1. The number of likely N-dealkylation sites (N-methyl/N-ethyl adjacent to an activating group) is 1. The minimum absolute atomic E-state index is 0.230. The van der Waals surface area contributed by atoms with Gasteiger partial charge in [0.2, 0.25) is 5.91 Å². The molecule has 0 aliphatic rings. The minimum atomic E-state index is -0.726. The first-order valence-corrected chi connectivity index (χ1v) is 11.5. The van der Waals surface area contributed by atoms with Crippen LogP contribution in [0.25, 0.3) is 0 Å². The van der Waals surface area contributed by atoms with Crippen LogP contribution in [0.3, 0.4) is 0 Å². The summed E-state index contributed by atoms with van der Waals surface area (Å²) in [5, 5.41) is 2.85. The quantitative estimate of drug-likeness (QED) is 0.426. The number of carbonyl (C=O) groups excluding carboxylic acids is 2. The average Bonchev–Trinajstić information content (AvgIpc) is 2.81. The number of benzene rings is 3. The van der Waals surface area contributed by atoms with Crippen LogP contribution >= 0.6 is 15.9 Å². The average molecular weight is 513 g/mol. The Morgan fingerprint density at radius 2 is 1.70 bits per heavy atom. The predicted octanol–water partition coefficient (Wildman–Crippen LogP) is 4.74. The van der Waals surface area contributed by atoms with Gasteiger partial charge in [0.15, 0.2) is 6.61 Å². The molecule has 33 heavy (non-hydrogen) atoms. The van der Waals surface area contributed by atoms with Gasteiger partial charge in [-0.1, -0.05) is 58.4 Å². The molecule has 172 valence electrons. The highest BCUT2D eigenvalue weighted by molar-refractivity contribution is 9.10. The lowest BCUT2D eigenvalue weighted by Crippen LogP contribution is -2.51. The molecule has 0 aromatic heterocycles. The van der Waals surface area contributed by atoms with E-state index in [0.717, 1.165) is 15.6 Å². The molecule has 3 aromatic rings. The summed E-state index contributed by atoms with van der Waals surface area (Å²) in [4.78, 5) is 28.0. The first-order chi connectivity index (χ1) is 16.0.